The van der Waals surface area contributed by atoms with E-state index in [0.29, 0.717) is 11.5 Å². The number of anilines is 1. The highest BCUT2D eigenvalue weighted by molar-refractivity contribution is 6.29. The van der Waals surface area contributed by atoms with Gasteiger partial charge in [-0.2, -0.15) is 5.10 Å². The Morgan fingerprint density at radius 1 is 1.38 bits per heavy atom. The lowest BCUT2D eigenvalue weighted by Gasteiger charge is -2.38. The van der Waals surface area contributed by atoms with Crippen LogP contribution in [0.2, 0.25) is 5.15 Å². The van der Waals surface area contributed by atoms with E-state index in [1.807, 2.05) is 0 Å². The van der Waals surface area contributed by atoms with Crippen LogP contribution in [-0.2, 0) is 19.1 Å². The van der Waals surface area contributed by atoms with E-state index >= 15 is 0 Å². The van der Waals surface area contributed by atoms with Gasteiger partial charge < -0.3 is 14.6 Å². The predicted molar refractivity (Wildman–Crippen MR) is 103 cm³/mol. The van der Waals surface area contributed by atoms with Gasteiger partial charge in [-0.25, -0.2) is 9.48 Å². The van der Waals surface area contributed by atoms with Gasteiger partial charge in [-0.05, 0) is 27.7 Å². The quantitative estimate of drug-likeness (QED) is 0.727. The zero-order valence-electron chi connectivity index (χ0n) is 16.5. The lowest BCUT2D eigenvalue weighted by Crippen LogP contribution is -2.61. The summed E-state index contributed by atoms with van der Waals surface area (Å²) in [5.74, 6) is -1.20. The number of aliphatic hydroxyl groups is 1. The van der Waals surface area contributed by atoms with Crippen LogP contribution in [0.3, 0.4) is 0 Å². The molecule has 0 bridgehead atoms. The number of morpholine rings is 1. The van der Waals surface area contributed by atoms with Crippen molar-refractivity contribution in [2.75, 3.05) is 18.1 Å². The molecular formula is C18H22ClN5O5. The molecular weight excluding hydrogens is 402 g/mol. The minimum Gasteiger partial charge on any atom is -0.458 e. The van der Waals surface area contributed by atoms with Gasteiger partial charge >= 0.3 is 5.97 Å². The summed E-state index contributed by atoms with van der Waals surface area (Å²) in [5.41, 5.74) is -2.42. The molecule has 29 heavy (non-hydrogen) atoms. The minimum atomic E-state index is -2.16. The first-order valence-electron chi connectivity index (χ1n) is 8.92. The van der Waals surface area contributed by atoms with E-state index in [4.69, 9.17) is 21.1 Å². The molecule has 11 heteroatoms. The average molecular weight is 424 g/mol. The molecule has 2 aromatic heterocycles. The largest absolute Gasteiger partial charge is 0.458 e. The Morgan fingerprint density at radius 3 is 2.76 bits per heavy atom. The Bertz CT molecular complexity index is 923. The van der Waals surface area contributed by atoms with Crippen molar-refractivity contribution in [3.63, 3.8) is 0 Å². The number of amides is 1. The molecule has 1 saturated heterocycles. The zero-order valence-corrected chi connectivity index (χ0v) is 17.3. The fourth-order valence-corrected chi connectivity index (χ4v) is 2.92. The number of carbonyl (C=O) groups is 2. The number of hydrogen-bond donors (Lipinski definition) is 1. The second kappa shape index (κ2) is 7.69. The summed E-state index contributed by atoms with van der Waals surface area (Å²) in [5, 5.41) is 22.7. The molecule has 0 saturated carbocycles. The molecule has 0 aliphatic carbocycles. The van der Waals surface area contributed by atoms with E-state index < -0.39 is 29.2 Å². The summed E-state index contributed by atoms with van der Waals surface area (Å²) < 4.78 is 12.2. The third kappa shape index (κ3) is 4.55. The molecule has 10 nitrogen and oxygen atoms in total. The summed E-state index contributed by atoms with van der Waals surface area (Å²) >= 11 is 5.85. The summed E-state index contributed by atoms with van der Waals surface area (Å²) in [6, 6.07) is 3.19. The van der Waals surface area contributed by atoms with Crippen LogP contribution in [0, 0.1) is 0 Å². The second-order valence-electron chi connectivity index (χ2n) is 7.75. The van der Waals surface area contributed by atoms with Crippen LogP contribution in [0.15, 0.2) is 24.5 Å². The van der Waals surface area contributed by atoms with Crippen molar-refractivity contribution in [2.45, 2.75) is 45.0 Å². The van der Waals surface area contributed by atoms with E-state index in [0.717, 1.165) is 0 Å². The second-order valence-corrected chi connectivity index (χ2v) is 8.13. The van der Waals surface area contributed by atoms with E-state index in [2.05, 4.69) is 15.3 Å². The molecule has 0 radical (unpaired) electrons. The van der Waals surface area contributed by atoms with Crippen molar-refractivity contribution in [1.29, 1.82) is 0 Å². The molecule has 1 amide bonds. The molecule has 1 aliphatic rings. The first kappa shape index (κ1) is 21.2. The van der Waals surface area contributed by atoms with E-state index in [1.54, 1.807) is 39.1 Å². The highest BCUT2D eigenvalue weighted by Crippen LogP contribution is 2.26. The fourth-order valence-electron chi connectivity index (χ4n) is 2.76. The molecule has 3 heterocycles. The topological polar surface area (TPSA) is 120 Å². The molecule has 0 spiro atoms. The van der Waals surface area contributed by atoms with Gasteiger partial charge in [0.1, 0.15) is 5.60 Å². The van der Waals surface area contributed by atoms with Crippen molar-refractivity contribution in [3.8, 4) is 5.69 Å². The minimum absolute atomic E-state index is 0.116. The number of esters is 1. The number of carbonyl (C=O) groups excluding carboxylic acids is 2. The highest BCUT2D eigenvalue weighted by Gasteiger charge is 2.50. The van der Waals surface area contributed by atoms with Gasteiger partial charge in [0, 0.05) is 18.3 Å². The van der Waals surface area contributed by atoms with E-state index in [-0.39, 0.29) is 18.3 Å². The molecule has 1 aliphatic heterocycles. The van der Waals surface area contributed by atoms with Gasteiger partial charge in [-0.1, -0.05) is 11.6 Å². The van der Waals surface area contributed by atoms with Crippen LogP contribution in [0.25, 0.3) is 5.69 Å². The first-order valence-corrected chi connectivity index (χ1v) is 9.30. The molecule has 1 fully saturated rings. The molecule has 3 rings (SSSR count). The smallest absolute Gasteiger partial charge is 0.341 e. The Labute approximate surface area is 172 Å². The Hall–Kier alpha value is -2.56. The number of ether oxygens (including phenoxy) is 2. The third-order valence-corrected chi connectivity index (χ3v) is 4.32. The molecule has 2 atom stereocenters. The first-order chi connectivity index (χ1) is 13.5. The van der Waals surface area contributed by atoms with Crippen LogP contribution >= 0.6 is 11.6 Å². The molecule has 2 aromatic rings. The average Bonchev–Trinajstić information content (AvgIpc) is 3.10. The molecule has 1 N–H and O–H groups in total. The Kier molecular flexibility index (Phi) is 5.61. The van der Waals surface area contributed by atoms with Crippen LogP contribution < -0.4 is 4.90 Å². The predicted octanol–water partition coefficient (Wildman–Crippen LogP) is 1.14. The number of halogens is 1. The van der Waals surface area contributed by atoms with Crippen molar-refractivity contribution in [3.05, 3.63) is 29.7 Å². The maximum Gasteiger partial charge on any atom is 0.341 e. The van der Waals surface area contributed by atoms with Crippen molar-refractivity contribution in [1.82, 2.24) is 20.0 Å². The van der Waals surface area contributed by atoms with Gasteiger partial charge in [-0.3, -0.25) is 9.69 Å². The lowest BCUT2D eigenvalue weighted by atomic mass is 9.96. The Balaban J connectivity index is 1.82. The standard InChI is InChI=1S/C18H22ClN5O5/c1-17(2,3)29-16(26)18(4,27)14-15(25)23(7-8-28-14)13-5-6-24(22-13)11-9-12(19)21-20-10-11/h5-6,9-10,14,27H,7-8H2,1-4H3/t14-,18+/m0/s1. The molecule has 0 unspecified atom stereocenters. The fraction of sp³-hybridized carbons (Fsp3) is 0.500. The zero-order chi connectivity index (χ0) is 21.4. The number of nitrogens with zero attached hydrogens (tertiary/aromatic N) is 5. The Morgan fingerprint density at radius 2 is 2.10 bits per heavy atom. The summed E-state index contributed by atoms with van der Waals surface area (Å²) in [6.45, 7) is 6.55. The summed E-state index contributed by atoms with van der Waals surface area (Å²) in [7, 11) is 0. The van der Waals surface area contributed by atoms with Gasteiger partial charge in [-0.15, -0.1) is 10.2 Å². The van der Waals surface area contributed by atoms with Gasteiger partial charge in [0.05, 0.1) is 25.0 Å². The van der Waals surface area contributed by atoms with Crippen LogP contribution in [0.4, 0.5) is 5.82 Å². The van der Waals surface area contributed by atoms with Crippen LogP contribution in [0.5, 0.6) is 0 Å². The third-order valence-electron chi connectivity index (χ3n) is 4.14. The normalized spacial score (nSPS) is 19.7. The summed E-state index contributed by atoms with van der Waals surface area (Å²) in [4.78, 5) is 26.8. The van der Waals surface area contributed by atoms with Crippen LogP contribution in [0.1, 0.15) is 27.7 Å². The van der Waals surface area contributed by atoms with Crippen molar-refractivity contribution in [2.24, 2.45) is 0 Å². The molecule has 156 valence electrons. The van der Waals surface area contributed by atoms with Gasteiger partial charge in [0.2, 0.25) is 0 Å². The summed E-state index contributed by atoms with van der Waals surface area (Å²) in [6.07, 6.45) is 1.68. The number of rotatable bonds is 4. The van der Waals surface area contributed by atoms with Crippen molar-refractivity contribution >= 4 is 29.3 Å². The SMILES string of the molecule is CC(C)(C)OC(=O)[C@](C)(O)[C@H]1OCCN(c2ccn(-c3cnnc(Cl)c3)n2)C1=O. The maximum atomic E-state index is 13.0. The van der Waals surface area contributed by atoms with E-state index in [9.17, 15) is 14.7 Å². The van der Waals surface area contributed by atoms with Gasteiger partial charge in [0.15, 0.2) is 22.7 Å². The molecule has 0 aromatic carbocycles. The highest BCUT2D eigenvalue weighted by atomic mass is 35.5. The monoisotopic (exact) mass is 423 g/mol. The maximum absolute atomic E-state index is 13.0. The number of hydrogen-bond acceptors (Lipinski definition) is 8. The number of aromatic nitrogens is 4. The van der Waals surface area contributed by atoms with E-state index in [1.165, 1.54) is 22.7 Å². The van der Waals surface area contributed by atoms with Gasteiger partial charge in [0.25, 0.3) is 5.91 Å². The van der Waals surface area contributed by atoms with Crippen LogP contribution in [-0.4, -0.2) is 67.4 Å². The lowest BCUT2D eigenvalue weighted by molar-refractivity contribution is -0.194. The van der Waals surface area contributed by atoms with Crippen molar-refractivity contribution < 1.29 is 24.2 Å².